The van der Waals surface area contributed by atoms with Gasteiger partial charge < -0.3 is 10.1 Å². The number of thioether (sulfide) groups is 1. The highest BCUT2D eigenvalue weighted by Crippen LogP contribution is 2.27. The largest absolute Gasteiger partial charge is 0.381 e. The van der Waals surface area contributed by atoms with Gasteiger partial charge in [0.1, 0.15) is 0 Å². The molecule has 106 valence electrons. The molecule has 1 N–H and O–H groups in total. The van der Waals surface area contributed by atoms with Gasteiger partial charge in [-0.25, -0.2) is 0 Å². The SMILES string of the molecule is CCCOCCCN=C1NC(C(C)(C)C)CCS1. The van der Waals surface area contributed by atoms with Gasteiger partial charge in [-0.1, -0.05) is 39.5 Å². The van der Waals surface area contributed by atoms with Crippen molar-refractivity contribution in [1.82, 2.24) is 5.32 Å². The van der Waals surface area contributed by atoms with Crippen LogP contribution in [0.15, 0.2) is 4.99 Å². The molecule has 1 fully saturated rings. The molecule has 0 radical (unpaired) electrons. The second-order valence-corrected chi connectivity index (χ2v) is 6.94. The van der Waals surface area contributed by atoms with Gasteiger partial charge in [-0.05, 0) is 24.7 Å². The maximum absolute atomic E-state index is 5.45. The number of rotatable bonds is 6. The van der Waals surface area contributed by atoms with Crippen LogP contribution in [0, 0.1) is 5.41 Å². The fourth-order valence-corrected chi connectivity index (χ4v) is 2.83. The smallest absolute Gasteiger partial charge is 0.156 e. The molecule has 18 heavy (non-hydrogen) atoms. The fraction of sp³-hybridized carbons (Fsp3) is 0.929. The molecule has 1 unspecified atom stereocenters. The fourth-order valence-electron chi connectivity index (χ4n) is 1.87. The Morgan fingerprint density at radius 3 is 2.83 bits per heavy atom. The monoisotopic (exact) mass is 272 g/mol. The predicted molar refractivity (Wildman–Crippen MR) is 81.5 cm³/mol. The Morgan fingerprint density at radius 1 is 1.39 bits per heavy atom. The Balaban J connectivity index is 2.24. The van der Waals surface area contributed by atoms with Gasteiger partial charge in [-0.2, -0.15) is 0 Å². The van der Waals surface area contributed by atoms with Crippen LogP contribution in [0.2, 0.25) is 0 Å². The van der Waals surface area contributed by atoms with E-state index in [1.807, 2.05) is 11.8 Å². The van der Waals surface area contributed by atoms with Crippen molar-refractivity contribution in [2.24, 2.45) is 10.4 Å². The summed E-state index contributed by atoms with van der Waals surface area (Å²) in [7, 11) is 0. The molecule has 0 aliphatic carbocycles. The lowest BCUT2D eigenvalue weighted by Crippen LogP contribution is -2.46. The van der Waals surface area contributed by atoms with Crippen molar-refractivity contribution < 1.29 is 4.74 Å². The Kier molecular flexibility index (Phi) is 7.08. The second-order valence-electron chi connectivity index (χ2n) is 5.85. The first-order valence-electron chi connectivity index (χ1n) is 7.05. The summed E-state index contributed by atoms with van der Waals surface area (Å²) < 4.78 is 5.45. The highest BCUT2D eigenvalue weighted by Gasteiger charge is 2.28. The first-order valence-corrected chi connectivity index (χ1v) is 8.04. The van der Waals surface area contributed by atoms with Gasteiger partial charge in [0, 0.05) is 31.6 Å². The number of aliphatic imine (C=N–C) groups is 1. The molecule has 1 atom stereocenters. The van der Waals surface area contributed by atoms with Crippen molar-refractivity contribution in [3.63, 3.8) is 0 Å². The zero-order valence-corrected chi connectivity index (χ0v) is 13.1. The Morgan fingerprint density at radius 2 is 2.17 bits per heavy atom. The molecule has 0 saturated carbocycles. The van der Waals surface area contributed by atoms with Gasteiger partial charge in [0.05, 0.1) is 0 Å². The summed E-state index contributed by atoms with van der Waals surface area (Å²) in [6, 6.07) is 0.550. The van der Waals surface area contributed by atoms with Gasteiger partial charge >= 0.3 is 0 Å². The van der Waals surface area contributed by atoms with Crippen molar-refractivity contribution >= 4 is 16.9 Å². The molecule has 0 aromatic carbocycles. The molecule has 0 aromatic rings. The molecule has 3 nitrogen and oxygen atoms in total. The van der Waals surface area contributed by atoms with E-state index in [-0.39, 0.29) is 0 Å². The van der Waals surface area contributed by atoms with Gasteiger partial charge in [0.25, 0.3) is 0 Å². The third kappa shape index (κ3) is 6.10. The number of nitrogens with zero attached hydrogens (tertiary/aromatic N) is 1. The average molecular weight is 272 g/mol. The highest BCUT2D eigenvalue weighted by atomic mass is 32.2. The molecular formula is C14H28N2OS. The van der Waals surface area contributed by atoms with E-state index in [9.17, 15) is 0 Å². The Bertz CT molecular complexity index is 261. The minimum Gasteiger partial charge on any atom is -0.381 e. The van der Waals surface area contributed by atoms with Crippen molar-refractivity contribution in [3.8, 4) is 0 Å². The number of nitrogens with one attached hydrogen (secondary N) is 1. The summed E-state index contributed by atoms with van der Waals surface area (Å²) in [6.07, 6.45) is 3.35. The highest BCUT2D eigenvalue weighted by molar-refractivity contribution is 8.13. The van der Waals surface area contributed by atoms with Gasteiger partial charge in [-0.15, -0.1) is 0 Å². The van der Waals surface area contributed by atoms with Crippen LogP contribution in [-0.2, 0) is 4.74 Å². The van der Waals surface area contributed by atoms with Gasteiger partial charge in [-0.3, -0.25) is 4.99 Å². The topological polar surface area (TPSA) is 33.6 Å². The minimum absolute atomic E-state index is 0.311. The van der Waals surface area contributed by atoms with Crippen molar-refractivity contribution in [3.05, 3.63) is 0 Å². The third-order valence-electron chi connectivity index (χ3n) is 3.04. The van der Waals surface area contributed by atoms with Crippen molar-refractivity contribution in [2.45, 2.75) is 53.0 Å². The first kappa shape index (κ1) is 15.8. The lowest BCUT2D eigenvalue weighted by molar-refractivity contribution is 0.134. The molecule has 1 rings (SSSR count). The van der Waals surface area contributed by atoms with Crippen molar-refractivity contribution in [1.29, 1.82) is 0 Å². The molecular weight excluding hydrogens is 244 g/mol. The summed E-state index contributed by atoms with van der Waals surface area (Å²) >= 11 is 1.85. The molecule has 1 saturated heterocycles. The standard InChI is InChI=1S/C14H28N2OS/c1-5-9-17-10-6-8-15-13-16-12(7-11-18-13)14(2,3)4/h12H,5-11H2,1-4H3,(H,15,16). The van der Waals surface area contributed by atoms with Crippen LogP contribution in [0.5, 0.6) is 0 Å². The van der Waals surface area contributed by atoms with Crippen LogP contribution in [0.3, 0.4) is 0 Å². The summed E-state index contributed by atoms with van der Waals surface area (Å²) in [5, 5.41) is 4.69. The van der Waals surface area contributed by atoms with E-state index < -0.39 is 0 Å². The van der Waals surface area contributed by atoms with Crippen LogP contribution in [0.25, 0.3) is 0 Å². The van der Waals surface area contributed by atoms with E-state index in [4.69, 9.17) is 4.74 Å². The van der Waals surface area contributed by atoms with Crippen LogP contribution in [0.4, 0.5) is 0 Å². The molecule has 0 bridgehead atoms. The van der Waals surface area contributed by atoms with E-state index in [0.717, 1.165) is 37.8 Å². The molecule has 0 amide bonds. The molecule has 1 aliphatic rings. The first-order chi connectivity index (χ1) is 8.54. The van der Waals surface area contributed by atoms with Gasteiger partial charge in [0.15, 0.2) is 5.17 Å². The molecule has 4 heteroatoms. The molecule has 1 aliphatic heterocycles. The number of hydrogen-bond donors (Lipinski definition) is 1. The number of ether oxygens (including phenoxy) is 1. The second kappa shape index (κ2) is 8.05. The maximum Gasteiger partial charge on any atom is 0.156 e. The summed E-state index contributed by atoms with van der Waals surface area (Å²) in [5.41, 5.74) is 0.311. The van der Waals surface area contributed by atoms with E-state index >= 15 is 0 Å². The lowest BCUT2D eigenvalue weighted by atomic mass is 9.85. The summed E-state index contributed by atoms with van der Waals surface area (Å²) in [5.74, 6) is 1.18. The van der Waals surface area contributed by atoms with Crippen LogP contribution in [0.1, 0.15) is 47.0 Å². The predicted octanol–water partition coefficient (Wildman–Crippen LogP) is 3.30. The quantitative estimate of drug-likeness (QED) is 0.753. The van der Waals surface area contributed by atoms with Crippen LogP contribution in [-0.4, -0.2) is 36.7 Å². The zero-order chi connectivity index (χ0) is 13.4. The molecule has 1 heterocycles. The molecule has 0 spiro atoms. The van der Waals surface area contributed by atoms with E-state index in [2.05, 4.69) is 38.0 Å². The van der Waals surface area contributed by atoms with E-state index in [1.165, 1.54) is 12.2 Å². The summed E-state index contributed by atoms with van der Waals surface area (Å²) in [4.78, 5) is 4.63. The number of amidine groups is 1. The maximum atomic E-state index is 5.45. The van der Waals surface area contributed by atoms with Gasteiger partial charge in [0.2, 0.25) is 0 Å². The summed E-state index contributed by atoms with van der Waals surface area (Å²) in [6.45, 7) is 11.6. The zero-order valence-electron chi connectivity index (χ0n) is 12.3. The Labute approximate surface area is 116 Å². The number of hydrogen-bond acceptors (Lipinski definition) is 3. The average Bonchev–Trinajstić information content (AvgIpc) is 2.33. The van der Waals surface area contributed by atoms with Crippen LogP contribution >= 0.6 is 11.8 Å². The van der Waals surface area contributed by atoms with Crippen molar-refractivity contribution in [2.75, 3.05) is 25.5 Å². The molecule has 0 aromatic heterocycles. The van der Waals surface area contributed by atoms with E-state index in [1.54, 1.807) is 0 Å². The lowest BCUT2D eigenvalue weighted by Gasteiger charge is -2.35. The normalized spacial score (nSPS) is 23.1. The van der Waals surface area contributed by atoms with E-state index in [0.29, 0.717) is 11.5 Å². The van der Waals surface area contributed by atoms with Crippen LogP contribution < -0.4 is 5.32 Å². The Hall–Kier alpha value is -0.220. The minimum atomic E-state index is 0.311. The third-order valence-corrected chi connectivity index (χ3v) is 4.00.